The minimum atomic E-state index is -0.306. The number of hydrogen-bond donors (Lipinski definition) is 1. The third kappa shape index (κ3) is 3.87. The molecule has 0 saturated carbocycles. The number of aromatic nitrogens is 3. The normalized spacial score (nSPS) is 10.8. The van der Waals surface area contributed by atoms with Gasteiger partial charge in [-0.3, -0.25) is 5.10 Å². The first-order valence-corrected chi connectivity index (χ1v) is 8.09. The Labute approximate surface area is 136 Å². The number of nitrogens with one attached hydrogen (secondary N) is 1. The minimum absolute atomic E-state index is 0.306. The van der Waals surface area contributed by atoms with E-state index in [2.05, 4.69) is 15.2 Å². The third-order valence-corrected chi connectivity index (χ3v) is 4.23. The van der Waals surface area contributed by atoms with Gasteiger partial charge in [0.05, 0.1) is 0 Å². The molecule has 1 heterocycles. The molecule has 112 valence electrons. The van der Waals surface area contributed by atoms with Gasteiger partial charge in [0.1, 0.15) is 11.6 Å². The first-order valence-electron chi connectivity index (χ1n) is 6.72. The van der Waals surface area contributed by atoms with Crippen LogP contribution in [0.5, 0.6) is 0 Å². The highest BCUT2D eigenvalue weighted by molar-refractivity contribution is 7.98. The minimum Gasteiger partial charge on any atom is -0.262 e. The van der Waals surface area contributed by atoms with Crippen LogP contribution >= 0.6 is 23.4 Å². The average Bonchev–Trinajstić information content (AvgIpc) is 2.95. The molecule has 1 N–H and O–H groups in total. The smallest absolute Gasteiger partial charge is 0.208 e. The van der Waals surface area contributed by atoms with Gasteiger partial charge in [0, 0.05) is 17.2 Å². The summed E-state index contributed by atoms with van der Waals surface area (Å²) in [4.78, 5) is 4.42. The summed E-state index contributed by atoms with van der Waals surface area (Å²) in [7, 11) is 0. The number of thioether (sulfide) groups is 1. The Morgan fingerprint density at radius 2 is 1.95 bits per heavy atom. The van der Waals surface area contributed by atoms with Crippen molar-refractivity contribution in [2.75, 3.05) is 0 Å². The fraction of sp³-hybridized carbons (Fsp3) is 0.125. The van der Waals surface area contributed by atoms with Gasteiger partial charge in [0.25, 0.3) is 0 Å². The number of nitrogens with zero attached hydrogens (tertiary/aromatic N) is 2. The van der Waals surface area contributed by atoms with Crippen LogP contribution in [0.3, 0.4) is 0 Å². The fourth-order valence-corrected chi connectivity index (χ4v) is 2.95. The first-order chi connectivity index (χ1) is 10.7. The summed E-state index contributed by atoms with van der Waals surface area (Å²) in [6.45, 7) is 0. The van der Waals surface area contributed by atoms with Crippen molar-refractivity contribution in [3.8, 4) is 0 Å². The quantitative estimate of drug-likeness (QED) is 0.700. The molecule has 3 aromatic rings. The zero-order valence-electron chi connectivity index (χ0n) is 11.6. The van der Waals surface area contributed by atoms with Crippen molar-refractivity contribution < 1.29 is 4.39 Å². The van der Waals surface area contributed by atoms with E-state index in [4.69, 9.17) is 11.6 Å². The van der Waals surface area contributed by atoms with E-state index < -0.39 is 0 Å². The summed E-state index contributed by atoms with van der Waals surface area (Å²) in [6, 6.07) is 14.7. The van der Waals surface area contributed by atoms with E-state index in [9.17, 15) is 4.39 Å². The zero-order chi connectivity index (χ0) is 15.4. The van der Waals surface area contributed by atoms with Crippen LogP contribution in [0.2, 0.25) is 5.02 Å². The maximum absolute atomic E-state index is 13.7. The molecule has 0 amide bonds. The Balaban J connectivity index is 1.62. The van der Waals surface area contributed by atoms with E-state index >= 15 is 0 Å². The lowest BCUT2D eigenvalue weighted by Crippen LogP contribution is -1.90. The van der Waals surface area contributed by atoms with E-state index in [0.29, 0.717) is 27.9 Å². The van der Waals surface area contributed by atoms with Gasteiger partial charge >= 0.3 is 0 Å². The molecule has 0 fully saturated rings. The van der Waals surface area contributed by atoms with E-state index in [1.165, 1.54) is 23.4 Å². The molecule has 1 aromatic heterocycles. The average molecular weight is 334 g/mol. The van der Waals surface area contributed by atoms with Gasteiger partial charge in [0.15, 0.2) is 0 Å². The van der Waals surface area contributed by atoms with Crippen molar-refractivity contribution in [1.82, 2.24) is 15.2 Å². The number of halogens is 2. The van der Waals surface area contributed by atoms with Gasteiger partial charge in [-0.15, -0.1) is 5.10 Å². The third-order valence-electron chi connectivity index (χ3n) is 3.10. The van der Waals surface area contributed by atoms with Crippen LogP contribution in [0.4, 0.5) is 4.39 Å². The van der Waals surface area contributed by atoms with Crippen LogP contribution in [-0.4, -0.2) is 15.2 Å². The van der Waals surface area contributed by atoms with Gasteiger partial charge in [-0.05, 0) is 23.3 Å². The van der Waals surface area contributed by atoms with E-state index in [-0.39, 0.29) is 5.82 Å². The lowest BCUT2D eigenvalue weighted by molar-refractivity contribution is 0.617. The molecule has 3 nitrogen and oxygen atoms in total. The second-order valence-corrected chi connectivity index (χ2v) is 6.13. The number of H-pyrrole nitrogens is 1. The highest BCUT2D eigenvalue weighted by Gasteiger charge is 2.08. The van der Waals surface area contributed by atoms with Crippen LogP contribution in [0.1, 0.15) is 17.0 Å². The SMILES string of the molecule is Fc1cc(Cl)ccc1CSc1n[nH]c(Cc2ccccc2)n1. The predicted molar refractivity (Wildman–Crippen MR) is 86.6 cm³/mol. The maximum atomic E-state index is 13.7. The highest BCUT2D eigenvalue weighted by Crippen LogP contribution is 2.23. The zero-order valence-corrected chi connectivity index (χ0v) is 13.2. The molecule has 0 aliphatic heterocycles. The Morgan fingerprint density at radius 3 is 2.73 bits per heavy atom. The van der Waals surface area contributed by atoms with Gasteiger partial charge in [-0.25, -0.2) is 9.37 Å². The van der Waals surface area contributed by atoms with Crippen LogP contribution in [0.15, 0.2) is 53.7 Å². The molecule has 0 bridgehead atoms. The van der Waals surface area contributed by atoms with Crippen LogP contribution < -0.4 is 0 Å². The topological polar surface area (TPSA) is 41.6 Å². The second-order valence-electron chi connectivity index (χ2n) is 4.75. The summed E-state index contributed by atoms with van der Waals surface area (Å²) < 4.78 is 13.7. The molecule has 2 aromatic carbocycles. The second kappa shape index (κ2) is 6.94. The molecule has 6 heteroatoms. The van der Waals surface area contributed by atoms with Crippen molar-refractivity contribution in [2.45, 2.75) is 17.3 Å². The Bertz CT molecular complexity index is 761. The molecule has 22 heavy (non-hydrogen) atoms. The maximum Gasteiger partial charge on any atom is 0.208 e. The van der Waals surface area contributed by atoms with Crippen molar-refractivity contribution in [1.29, 1.82) is 0 Å². The lowest BCUT2D eigenvalue weighted by atomic mass is 10.1. The monoisotopic (exact) mass is 333 g/mol. The van der Waals surface area contributed by atoms with Crippen molar-refractivity contribution in [3.63, 3.8) is 0 Å². The van der Waals surface area contributed by atoms with Crippen LogP contribution in [0, 0.1) is 5.82 Å². The van der Waals surface area contributed by atoms with Gasteiger partial charge < -0.3 is 0 Å². The molecule has 0 atom stereocenters. The summed E-state index contributed by atoms with van der Waals surface area (Å²) in [6.07, 6.45) is 0.698. The molecule has 0 spiro atoms. The Morgan fingerprint density at radius 1 is 1.14 bits per heavy atom. The van der Waals surface area contributed by atoms with Crippen LogP contribution in [-0.2, 0) is 12.2 Å². The summed E-state index contributed by atoms with van der Waals surface area (Å²) in [5.74, 6) is 0.955. The van der Waals surface area contributed by atoms with E-state index in [1.807, 2.05) is 30.3 Å². The fourth-order valence-electron chi connectivity index (χ4n) is 1.99. The highest BCUT2D eigenvalue weighted by atomic mass is 35.5. The summed E-state index contributed by atoms with van der Waals surface area (Å²) >= 11 is 7.13. The van der Waals surface area contributed by atoms with E-state index in [1.54, 1.807) is 12.1 Å². The van der Waals surface area contributed by atoms with Crippen molar-refractivity contribution >= 4 is 23.4 Å². The number of benzene rings is 2. The molecule has 0 radical (unpaired) electrons. The molecule has 0 saturated heterocycles. The summed E-state index contributed by atoms with van der Waals surface area (Å²) in [5, 5.41) is 8.08. The number of rotatable bonds is 5. The molecule has 0 aliphatic carbocycles. The number of aromatic amines is 1. The Kier molecular flexibility index (Phi) is 4.75. The lowest BCUT2D eigenvalue weighted by Gasteiger charge is -2.01. The largest absolute Gasteiger partial charge is 0.262 e. The van der Waals surface area contributed by atoms with Crippen molar-refractivity contribution in [3.05, 3.63) is 76.3 Å². The Hall–Kier alpha value is -1.85. The molecular formula is C16H13ClFN3S. The molecule has 3 rings (SSSR count). The van der Waals surface area contributed by atoms with Crippen molar-refractivity contribution in [2.24, 2.45) is 0 Å². The summed E-state index contributed by atoms with van der Waals surface area (Å²) in [5.41, 5.74) is 1.75. The molecule has 0 aliphatic rings. The molecule has 0 unspecified atom stereocenters. The van der Waals surface area contributed by atoms with Crippen LogP contribution in [0.25, 0.3) is 0 Å². The van der Waals surface area contributed by atoms with Gasteiger partial charge in [-0.2, -0.15) is 0 Å². The van der Waals surface area contributed by atoms with Gasteiger partial charge in [0.2, 0.25) is 5.16 Å². The predicted octanol–water partition coefficient (Wildman–Crippen LogP) is 4.48. The molecular weight excluding hydrogens is 321 g/mol. The van der Waals surface area contributed by atoms with Gasteiger partial charge in [-0.1, -0.05) is 59.8 Å². The number of hydrogen-bond acceptors (Lipinski definition) is 3. The first kappa shape index (κ1) is 15.1. The standard InChI is InChI=1S/C16H13ClFN3S/c17-13-7-6-12(14(18)9-13)10-22-16-19-15(20-21-16)8-11-4-2-1-3-5-11/h1-7,9H,8,10H2,(H,19,20,21). The van der Waals surface area contributed by atoms with E-state index in [0.717, 1.165) is 5.82 Å².